The third-order valence-corrected chi connectivity index (χ3v) is 2.42. The topological polar surface area (TPSA) is 46.2 Å². The van der Waals surface area contributed by atoms with E-state index in [1.54, 1.807) is 6.07 Å². The summed E-state index contributed by atoms with van der Waals surface area (Å²) in [5.41, 5.74) is 5.91. The van der Waals surface area contributed by atoms with Gasteiger partial charge >= 0.3 is 0 Å². The standard InChI is InChI=1S/C6H5BrINO/c7-3-1-4(8)6(9)5(10)2-3/h1-2,10H,9H2. The lowest BCUT2D eigenvalue weighted by Crippen LogP contribution is -1.89. The Bertz CT molecular complexity index is 241. The number of rotatable bonds is 0. The molecule has 0 radical (unpaired) electrons. The molecule has 0 amide bonds. The zero-order chi connectivity index (χ0) is 7.72. The second-order valence-corrected chi connectivity index (χ2v) is 3.90. The number of phenolic OH excluding ortho intramolecular Hbond substituents is 1. The fourth-order valence-corrected chi connectivity index (χ4v) is 2.06. The summed E-state index contributed by atoms with van der Waals surface area (Å²) in [6.45, 7) is 0. The summed E-state index contributed by atoms with van der Waals surface area (Å²) in [6, 6.07) is 3.41. The van der Waals surface area contributed by atoms with Gasteiger partial charge in [0, 0.05) is 8.04 Å². The van der Waals surface area contributed by atoms with Gasteiger partial charge in [-0.15, -0.1) is 0 Å². The van der Waals surface area contributed by atoms with Crippen molar-refractivity contribution in [1.29, 1.82) is 0 Å². The van der Waals surface area contributed by atoms with Gasteiger partial charge in [-0.3, -0.25) is 0 Å². The third-order valence-electron chi connectivity index (χ3n) is 1.07. The predicted molar refractivity (Wildman–Crippen MR) is 52.9 cm³/mol. The highest BCUT2D eigenvalue weighted by atomic mass is 127. The molecule has 0 heterocycles. The number of hydrogen-bond acceptors (Lipinski definition) is 2. The molecule has 1 rings (SSSR count). The maximum Gasteiger partial charge on any atom is 0.140 e. The number of nitrogens with two attached hydrogens (primary N) is 1. The number of aromatic hydroxyl groups is 1. The SMILES string of the molecule is Nc1c(O)cc(Br)cc1I. The Morgan fingerprint density at radius 1 is 1.50 bits per heavy atom. The first-order valence-electron chi connectivity index (χ1n) is 2.54. The highest BCUT2D eigenvalue weighted by Gasteiger charge is 2.01. The molecule has 0 saturated carbocycles. The van der Waals surface area contributed by atoms with Crippen molar-refractivity contribution < 1.29 is 5.11 Å². The Hall–Kier alpha value is 0.0300. The van der Waals surface area contributed by atoms with Gasteiger partial charge in [0.05, 0.1) is 5.69 Å². The molecule has 3 N–H and O–H groups in total. The number of nitrogen functional groups attached to an aromatic ring is 1. The van der Waals surface area contributed by atoms with Gasteiger partial charge in [0.2, 0.25) is 0 Å². The lowest BCUT2D eigenvalue weighted by Gasteiger charge is -2.00. The van der Waals surface area contributed by atoms with Crippen LogP contribution in [0.15, 0.2) is 16.6 Å². The zero-order valence-corrected chi connectivity index (χ0v) is 8.68. The fourth-order valence-electron chi connectivity index (χ4n) is 0.571. The van der Waals surface area contributed by atoms with E-state index in [2.05, 4.69) is 38.5 Å². The highest BCUT2D eigenvalue weighted by molar-refractivity contribution is 14.1. The molecular formula is C6H5BrINO. The van der Waals surface area contributed by atoms with Crippen molar-refractivity contribution in [2.75, 3.05) is 5.73 Å². The average molecular weight is 314 g/mol. The number of anilines is 1. The van der Waals surface area contributed by atoms with Crippen LogP contribution in [-0.2, 0) is 0 Å². The smallest absolute Gasteiger partial charge is 0.140 e. The van der Waals surface area contributed by atoms with E-state index < -0.39 is 0 Å². The number of phenols is 1. The van der Waals surface area contributed by atoms with E-state index in [-0.39, 0.29) is 5.75 Å². The number of benzene rings is 1. The van der Waals surface area contributed by atoms with Crippen LogP contribution >= 0.6 is 38.5 Å². The van der Waals surface area contributed by atoms with Crippen LogP contribution < -0.4 is 5.73 Å². The Morgan fingerprint density at radius 2 is 2.10 bits per heavy atom. The van der Waals surface area contributed by atoms with Crippen molar-refractivity contribution in [1.82, 2.24) is 0 Å². The van der Waals surface area contributed by atoms with Crippen LogP contribution in [0.25, 0.3) is 0 Å². The van der Waals surface area contributed by atoms with Crippen LogP contribution in [0.3, 0.4) is 0 Å². The van der Waals surface area contributed by atoms with Crippen LogP contribution in [0.4, 0.5) is 5.69 Å². The zero-order valence-electron chi connectivity index (χ0n) is 4.94. The molecule has 4 heteroatoms. The molecule has 1 aromatic carbocycles. The van der Waals surface area contributed by atoms with Crippen LogP contribution in [0.5, 0.6) is 5.75 Å². The van der Waals surface area contributed by atoms with E-state index in [9.17, 15) is 0 Å². The lowest BCUT2D eigenvalue weighted by atomic mass is 10.3. The van der Waals surface area contributed by atoms with Gasteiger partial charge in [-0.25, -0.2) is 0 Å². The molecule has 0 aliphatic heterocycles. The number of halogens is 2. The summed E-state index contributed by atoms with van der Waals surface area (Å²) in [6.07, 6.45) is 0. The van der Waals surface area contributed by atoms with Crippen molar-refractivity contribution >= 4 is 44.2 Å². The van der Waals surface area contributed by atoms with Crippen molar-refractivity contribution in [2.45, 2.75) is 0 Å². The van der Waals surface area contributed by atoms with E-state index in [1.165, 1.54) is 0 Å². The molecule has 0 aliphatic rings. The van der Waals surface area contributed by atoms with Gasteiger partial charge in [0.15, 0.2) is 0 Å². The van der Waals surface area contributed by atoms with Gasteiger partial charge in [-0.1, -0.05) is 15.9 Å². The summed E-state index contributed by atoms with van der Waals surface area (Å²) in [7, 11) is 0. The molecule has 0 aliphatic carbocycles. The van der Waals surface area contributed by atoms with Gasteiger partial charge in [0.25, 0.3) is 0 Å². The Kier molecular flexibility index (Phi) is 2.40. The van der Waals surface area contributed by atoms with Crippen LogP contribution in [-0.4, -0.2) is 5.11 Å². The normalized spacial score (nSPS) is 9.80. The average Bonchev–Trinajstić information content (AvgIpc) is 1.82. The van der Waals surface area contributed by atoms with Crippen molar-refractivity contribution in [2.24, 2.45) is 0 Å². The minimum Gasteiger partial charge on any atom is -0.506 e. The van der Waals surface area contributed by atoms with Crippen molar-refractivity contribution in [3.8, 4) is 5.75 Å². The summed E-state index contributed by atoms with van der Waals surface area (Å²) < 4.78 is 1.69. The van der Waals surface area contributed by atoms with Gasteiger partial charge < -0.3 is 10.8 Å². The predicted octanol–water partition coefficient (Wildman–Crippen LogP) is 2.34. The van der Waals surface area contributed by atoms with Gasteiger partial charge in [0.1, 0.15) is 5.75 Å². The molecule has 0 unspecified atom stereocenters. The van der Waals surface area contributed by atoms with Crippen LogP contribution in [0.2, 0.25) is 0 Å². The molecule has 0 spiro atoms. The third kappa shape index (κ3) is 1.54. The van der Waals surface area contributed by atoms with Crippen LogP contribution in [0, 0.1) is 3.57 Å². The minimum absolute atomic E-state index is 0.124. The van der Waals surface area contributed by atoms with Crippen molar-refractivity contribution in [3.63, 3.8) is 0 Å². The molecule has 0 fully saturated rings. The van der Waals surface area contributed by atoms with Gasteiger partial charge in [-0.05, 0) is 34.7 Å². The van der Waals surface area contributed by atoms with E-state index in [0.717, 1.165) is 8.04 Å². The first-order chi connectivity index (χ1) is 4.61. The molecular weight excluding hydrogens is 309 g/mol. The summed E-state index contributed by atoms with van der Waals surface area (Å²) >= 11 is 5.29. The van der Waals surface area contributed by atoms with E-state index in [1.807, 2.05) is 6.07 Å². The molecule has 10 heavy (non-hydrogen) atoms. The summed E-state index contributed by atoms with van der Waals surface area (Å²) in [5.74, 6) is 0.124. The Labute approximate surface area is 80.7 Å². The Balaban J connectivity index is 3.31. The van der Waals surface area contributed by atoms with E-state index in [4.69, 9.17) is 10.8 Å². The maximum atomic E-state index is 9.12. The van der Waals surface area contributed by atoms with E-state index in [0.29, 0.717) is 5.69 Å². The highest BCUT2D eigenvalue weighted by Crippen LogP contribution is 2.29. The molecule has 1 aromatic rings. The molecule has 0 aromatic heterocycles. The first kappa shape index (κ1) is 8.13. The second-order valence-electron chi connectivity index (χ2n) is 1.82. The van der Waals surface area contributed by atoms with E-state index >= 15 is 0 Å². The number of hydrogen-bond donors (Lipinski definition) is 2. The molecule has 0 atom stereocenters. The molecule has 54 valence electrons. The quantitative estimate of drug-likeness (QED) is 0.439. The minimum atomic E-state index is 0.124. The lowest BCUT2D eigenvalue weighted by molar-refractivity contribution is 0.477. The fraction of sp³-hybridized carbons (Fsp3) is 0. The summed E-state index contributed by atoms with van der Waals surface area (Å²) in [5, 5.41) is 9.12. The summed E-state index contributed by atoms with van der Waals surface area (Å²) in [4.78, 5) is 0. The Morgan fingerprint density at radius 3 is 2.60 bits per heavy atom. The first-order valence-corrected chi connectivity index (χ1v) is 4.42. The van der Waals surface area contributed by atoms with Crippen LogP contribution in [0.1, 0.15) is 0 Å². The molecule has 2 nitrogen and oxygen atoms in total. The van der Waals surface area contributed by atoms with Gasteiger partial charge in [-0.2, -0.15) is 0 Å². The monoisotopic (exact) mass is 313 g/mol. The maximum absolute atomic E-state index is 9.12. The molecule has 0 bridgehead atoms. The largest absolute Gasteiger partial charge is 0.506 e. The van der Waals surface area contributed by atoms with Crippen molar-refractivity contribution in [3.05, 3.63) is 20.2 Å². The molecule has 0 saturated heterocycles. The second kappa shape index (κ2) is 2.96.